The number of benzene rings is 1. The summed E-state index contributed by atoms with van der Waals surface area (Å²) in [6, 6.07) is 4.71. The highest BCUT2D eigenvalue weighted by Crippen LogP contribution is 2.31. The molecule has 2 heterocycles. The lowest BCUT2D eigenvalue weighted by atomic mass is 9.99. The van der Waals surface area contributed by atoms with Crippen molar-refractivity contribution in [2.75, 3.05) is 4.90 Å². The normalized spacial score (nSPS) is 13.7. The number of hydrogen-bond acceptors (Lipinski definition) is 4. The van der Waals surface area contributed by atoms with Crippen LogP contribution in [-0.2, 0) is 0 Å². The van der Waals surface area contributed by atoms with Crippen LogP contribution in [0.4, 0.5) is 5.82 Å². The highest BCUT2D eigenvalue weighted by molar-refractivity contribution is 6.35. The summed E-state index contributed by atoms with van der Waals surface area (Å²) >= 11 is 0. The number of H-pyrrole nitrogens is 1. The highest BCUT2D eigenvalue weighted by Gasteiger charge is 2.40. The van der Waals surface area contributed by atoms with Gasteiger partial charge in [-0.3, -0.25) is 14.7 Å². The van der Waals surface area contributed by atoms with Crippen LogP contribution >= 0.6 is 0 Å². The van der Waals surface area contributed by atoms with Crippen molar-refractivity contribution in [2.45, 2.75) is 13.8 Å². The van der Waals surface area contributed by atoms with E-state index in [1.54, 1.807) is 26.0 Å². The molecule has 21 heavy (non-hydrogen) atoms. The molecule has 0 saturated heterocycles. The van der Waals surface area contributed by atoms with Gasteiger partial charge in [0.05, 0.1) is 11.1 Å². The van der Waals surface area contributed by atoms with Crippen molar-refractivity contribution in [2.24, 2.45) is 0 Å². The first-order chi connectivity index (χ1) is 9.91. The third kappa shape index (κ3) is 1.74. The molecule has 0 spiro atoms. The van der Waals surface area contributed by atoms with Crippen LogP contribution < -0.4 is 4.90 Å². The number of amides is 2. The van der Waals surface area contributed by atoms with E-state index in [1.807, 2.05) is 0 Å². The molecule has 2 aromatic rings. The van der Waals surface area contributed by atoms with Crippen molar-refractivity contribution >= 4 is 23.6 Å². The smallest absolute Gasteiger partial charge is 0.353 e. The van der Waals surface area contributed by atoms with Gasteiger partial charge in [-0.25, -0.2) is 9.69 Å². The van der Waals surface area contributed by atoms with Crippen molar-refractivity contribution in [3.8, 4) is 0 Å². The van der Waals surface area contributed by atoms with Gasteiger partial charge in [-0.05, 0) is 25.0 Å². The van der Waals surface area contributed by atoms with E-state index < -0.39 is 17.8 Å². The van der Waals surface area contributed by atoms with Gasteiger partial charge in [0.25, 0.3) is 11.8 Å². The first-order valence-electron chi connectivity index (χ1n) is 6.19. The predicted molar refractivity (Wildman–Crippen MR) is 72.6 cm³/mol. The Morgan fingerprint density at radius 1 is 1.14 bits per heavy atom. The summed E-state index contributed by atoms with van der Waals surface area (Å²) in [6.45, 7) is 3.50. The van der Waals surface area contributed by atoms with Gasteiger partial charge in [-0.1, -0.05) is 12.1 Å². The molecule has 0 aliphatic carbocycles. The second-order valence-corrected chi connectivity index (χ2v) is 4.84. The molecule has 0 bridgehead atoms. The molecule has 0 fully saturated rings. The van der Waals surface area contributed by atoms with E-state index in [9.17, 15) is 14.4 Å². The molecule has 1 aromatic heterocycles. The number of aromatic nitrogens is 2. The van der Waals surface area contributed by atoms with Crippen molar-refractivity contribution in [1.82, 2.24) is 10.2 Å². The number of aromatic amines is 1. The van der Waals surface area contributed by atoms with Crippen LogP contribution in [0.3, 0.4) is 0 Å². The van der Waals surface area contributed by atoms with E-state index >= 15 is 0 Å². The van der Waals surface area contributed by atoms with Crippen molar-refractivity contribution < 1.29 is 19.5 Å². The molecule has 106 valence electrons. The Kier molecular flexibility index (Phi) is 2.65. The number of imide groups is 1. The van der Waals surface area contributed by atoms with Gasteiger partial charge in [0, 0.05) is 6.07 Å². The van der Waals surface area contributed by atoms with Crippen LogP contribution in [0.1, 0.15) is 42.3 Å². The monoisotopic (exact) mass is 285 g/mol. The lowest BCUT2D eigenvalue weighted by molar-refractivity contribution is 0.0689. The SMILES string of the molecule is Cc1ccc(C)c2c1C(=O)N(c1cc(C(=O)O)[nH]n1)C2=O. The molecule has 1 aromatic carbocycles. The number of nitrogens with zero attached hydrogens (tertiary/aromatic N) is 2. The maximum absolute atomic E-state index is 12.5. The summed E-state index contributed by atoms with van der Waals surface area (Å²) < 4.78 is 0. The predicted octanol–water partition coefficient (Wildman–Crippen LogP) is 1.53. The number of carbonyl (C=O) groups excluding carboxylic acids is 2. The van der Waals surface area contributed by atoms with Crippen LogP contribution in [0.15, 0.2) is 18.2 Å². The van der Waals surface area contributed by atoms with Gasteiger partial charge in [0.15, 0.2) is 5.82 Å². The lowest BCUT2D eigenvalue weighted by Gasteiger charge is -2.09. The van der Waals surface area contributed by atoms with Gasteiger partial charge in [-0.15, -0.1) is 0 Å². The van der Waals surface area contributed by atoms with Crippen LogP contribution in [0.25, 0.3) is 0 Å². The fourth-order valence-corrected chi connectivity index (χ4v) is 2.42. The Balaban J connectivity index is 2.13. The van der Waals surface area contributed by atoms with E-state index in [4.69, 9.17) is 5.11 Å². The highest BCUT2D eigenvalue weighted by atomic mass is 16.4. The molecule has 2 amide bonds. The van der Waals surface area contributed by atoms with Gasteiger partial charge in [-0.2, -0.15) is 5.10 Å². The van der Waals surface area contributed by atoms with Crippen LogP contribution in [-0.4, -0.2) is 33.1 Å². The molecule has 7 heteroatoms. The molecule has 0 saturated carbocycles. The van der Waals surface area contributed by atoms with Crippen LogP contribution in [0.5, 0.6) is 0 Å². The minimum absolute atomic E-state index is 0.0163. The number of nitrogens with one attached hydrogen (secondary N) is 1. The fourth-order valence-electron chi connectivity index (χ4n) is 2.42. The Labute approximate surface area is 119 Å². The molecule has 2 N–H and O–H groups in total. The first-order valence-corrected chi connectivity index (χ1v) is 6.19. The molecule has 1 aliphatic rings. The minimum atomic E-state index is -1.21. The molecular weight excluding hydrogens is 274 g/mol. The van der Waals surface area contributed by atoms with E-state index in [0.29, 0.717) is 22.3 Å². The van der Waals surface area contributed by atoms with Gasteiger partial charge < -0.3 is 5.11 Å². The zero-order chi connectivity index (χ0) is 15.3. The minimum Gasteiger partial charge on any atom is -0.477 e. The quantitative estimate of drug-likeness (QED) is 0.814. The zero-order valence-corrected chi connectivity index (χ0v) is 11.3. The number of aromatic carboxylic acids is 1. The Morgan fingerprint density at radius 3 is 2.10 bits per heavy atom. The third-order valence-corrected chi connectivity index (χ3v) is 3.48. The molecule has 0 unspecified atom stereocenters. The number of anilines is 1. The number of rotatable bonds is 2. The number of aryl methyl sites for hydroxylation is 2. The standard InChI is InChI=1S/C14H11N3O4/c1-6-3-4-7(2)11-10(6)12(18)17(13(11)19)9-5-8(14(20)21)15-16-9/h3-5H,1-2H3,(H,15,16)(H,20,21). The summed E-state index contributed by atoms with van der Waals surface area (Å²) in [6.07, 6.45) is 0. The number of carbonyl (C=O) groups is 3. The zero-order valence-electron chi connectivity index (χ0n) is 11.3. The molecular formula is C14H11N3O4. The Hall–Kier alpha value is -2.96. The summed E-state index contributed by atoms with van der Waals surface area (Å²) in [4.78, 5) is 36.7. The van der Waals surface area contributed by atoms with Crippen molar-refractivity contribution in [3.05, 3.63) is 46.1 Å². The summed E-state index contributed by atoms with van der Waals surface area (Å²) in [5.41, 5.74) is 1.91. The summed E-state index contributed by atoms with van der Waals surface area (Å²) in [5, 5.41) is 14.9. The fraction of sp³-hybridized carbons (Fsp3) is 0.143. The number of fused-ring (bicyclic) bond motifs is 1. The average Bonchev–Trinajstić information content (AvgIpc) is 2.98. The van der Waals surface area contributed by atoms with E-state index in [-0.39, 0.29) is 11.5 Å². The first kappa shape index (κ1) is 13.0. The van der Waals surface area contributed by atoms with E-state index in [0.717, 1.165) is 11.0 Å². The third-order valence-electron chi connectivity index (χ3n) is 3.48. The second kappa shape index (κ2) is 4.27. The molecule has 1 aliphatic heterocycles. The van der Waals surface area contributed by atoms with E-state index in [1.165, 1.54) is 0 Å². The van der Waals surface area contributed by atoms with Crippen molar-refractivity contribution in [1.29, 1.82) is 0 Å². The van der Waals surface area contributed by atoms with E-state index in [2.05, 4.69) is 10.2 Å². The maximum Gasteiger partial charge on any atom is 0.353 e. The van der Waals surface area contributed by atoms with Crippen LogP contribution in [0.2, 0.25) is 0 Å². The molecule has 0 atom stereocenters. The summed E-state index contributed by atoms with van der Waals surface area (Å²) in [7, 11) is 0. The summed E-state index contributed by atoms with van der Waals surface area (Å²) in [5.74, 6) is -2.20. The topological polar surface area (TPSA) is 103 Å². The lowest BCUT2D eigenvalue weighted by Crippen LogP contribution is -2.30. The number of carboxylic acid groups (broad SMARTS) is 1. The number of carboxylic acids is 1. The Bertz CT molecular complexity index is 766. The van der Waals surface area contributed by atoms with Gasteiger partial charge in [0.1, 0.15) is 5.69 Å². The van der Waals surface area contributed by atoms with Gasteiger partial charge >= 0.3 is 5.97 Å². The Morgan fingerprint density at radius 2 is 1.67 bits per heavy atom. The molecule has 7 nitrogen and oxygen atoms in total. The molecule has 0 radical (unpaired) electrons. The van der Waals surface area contributed by atoms with Crippen molar-refractivity contribution in [3.63, 3.8) is 0 Å². The number of hydrogen-bond donors (Lipinski definition) is 2. The average molecular weight is 285 g/mol. The van der Waals surface area contributed by atoms with Gasteiger partial charge in [0.2, 0.25) is 0 Å². The second-order valence-electron chi connectivity index (χ2n) is 4.84. The maximum atomic E-state index is 12.5. The van der Waals surface area contributed by atoms with Crippen LogP contribution in [0, 0.1) is 13.8 Å². The molecule has 3 rings (SSSR count). The largest absolute Gasteiger partial charge is 0.477 e.